The second-order valence-corrected chi connectivity index (χ2v) is 7.68. The standard InChI is InChI=1S/C22H21F4N3O2/c1-31-19-6-4-13(9-15(19)23)10-21(30)29-8-2-3-14(12-29)17-11-18-16(27-17)5-7-20(28-18)22(24,25)26/h4-7,9,11,14,27H,2-3,8,10,12H2,1H3/t14-/m0/s1. The average Bonchev–Trinajstić information content (AvgIpc) is 3.17. The minimum absolute atomic E-state index is 0.0335. The van der Waals surface area contributed by atoms with E-state index in [1.807, 2.05) is 0 Å². The van der Waals surface area contributed by atoms with Gasteiger partial charge in [0.25, 0.3) is 0 Å². The van der Waals surface area contributed by atoms with E-state index in [-0.39, 0.29) is 29.5 Å². The number of piperidine rings is 1. The Morgan fingerprint density at radius 1 is 1.26 bits per heavy atom. The lowest BCUT2D eigenvalue weighted by Gasteiger charge is -2.32. The van der Waals surface area contributed by atoms with Crippen LogP contribution in [0.4, 0.5) is 17.6 Å². The van der Waals surface area contributed by atoms with Gasteiger partial charge in [0.05, 0.1) is 24.6 Å². The quantitative estimate of drug-likeness (QED) is 0.606. The molecule has 1 saturated heterocycles. The van der Waals surface area contributed by atoms with Gasteiger partial charge in [0.2, 0.25) is 5.91 Å². The number of likely N-dealkylation sites (tertiary alicyclic amines) is 1. The molecule has 0 saturated carbocycles. The molecule has 9 heteroatoms. The van der Waals surface area contributed by atoms with Gasteiger partial charge in [-0.2, -0.15) is 13.2 Å². The summed E-state index contributed by atoms with van der Waals surface area (Å²) in [6.07, 6.45) is -2.86. The third kappa shape index (κ3) is 4.50. The Labute approximate surface area is 176 Å². The number of nitrogens with zero attached hydrogens (tertiary/aromatic N) is 2. The monoisotopic (exact) mass is 435 g/mol. The molecule has 2 aromatic heterocycles. The lowest BCUT2D eigenvalue weighted by Crippen LogP contribution is -2.40. The number of amides is 1. The number of methoxy groups -OCH3 is 1. The molecule has 5 nitrogen and oxygen atoms in total. The van der Waals surface area contributed by atoms with Gasteiger partial charge < -0.3 is 14.6 Å². The van der Waals surface area contributed by atoms with Crippen molar-refractivity contribution in [3.05, 3.63) is 59.2 Å². The maximum atomic E-state index is 13.9. The van der Waals surface area contributed by atoms with Crippen molar-refractivity contribution in [3.63, 3.8) is 0 Å². The number of halogens is 4. The molecule has 1 amide bonds. The number of rotatable bonds is 4. The number of fused-ring (bicyclic) bond motifs is 1. The number of nitrogens with one attached hydrogen (secondary N) is 1. The summed E-state index contributed by atoms with van der Waals surface area (Å²) in [6.45, 7) is 1.03. The van der Waals surface area contributed by atoms with E-state index in [1.165, 1.54) is 25.3 Å². The van der Waals surface area contributed by atoms with Crippen molar-refractivity contribution in [1.82, 2.24) is 14.9 Å². The van der Waals surface area contributed by atoms with Gasteiger partial charge in [0.1, 0.15) is 5.69 Å². The Balaban J connectivity index is 1.48. The first-order chi connectivity index (χ1) is 14.7. The van der Waals surface area contributed by atoms with Crippen molar-refractivity contribution < 1.29 is 27.1 Å². The van der Waals surface area contributed by atoms with Crippen LogP contribution in [0.1, 0.15) is 35.7 Å². The largest absolute Gasteiger partial charge is 0.494 e. The Kier molecular flexibility index (Phi) is 5.60. The smallest absolute Gasteiger partial charge is 0.433 e. The number of benzene rings is 1. The number of pyridine rings is 1. The summed E-state index contributed by atoms with van der Waals surface area (Å²) in [5.74, 6) is -0.555. The molecule has 1 aliphatic heterocycles. The number of alkyl halides is 3. The van der Waals surface area contributed by atoms with Gasteiger partial charge in [-0.1, -0.05) is 6.07 Å². The number of aromatic nitrogens is 2. The Morgan fingerprint density at radius 3 is 2.77 bits per heavy atom. The molecule has 0 unspecified atom stereocenters. The molecule has 0 bridgehead atoms. The van der Waals surface area contributed by atoms with Gasteiger partial charge in [0.15, 0.2) is 11.6 Å². The van der Waals surface area contributed by atoms with E-state index in [0.717, 1.165) is 24.6 Å². The topological polar surface area (TPSA) is 58.2 Å². The number of carbonyl (C=O) groups excluding carboxylic acids is 1. The summed E-state index contributed by atoms with van der Waals surface area (Å²) in [4.78, 5) is 21.3. The molecular formula is C22H21F4N3O2. The fourth-order valence-electron chi connectivity index (χ4n) is 3.97. The average molecular weight is 435 g/mol. The van der Waals surface area contributed by atoms with Crippen LogP contribution >= 0.6 is 0 Å². The minimum atomic E-state index is -4.50. The van der Waals surface area contributed by atoms with E-state index in [0.29, 0.717) is 24.2 Å². The van der Waals surface area contributed by atoms with Crippen LogP contribution in [0.5, 0.6) is 5.75 Å². The molecule has 0 spiro atoms. The number of hydrogen-bond acceptors (Lipinski definition) is 3. The minimum Gasteiger partial charge on any atom is -0.494 e. The van der Waals surface area contributed by atoms with Gasteiger partial charge in [-0.25, -0.2) is 9.37 Å². The van der Waals surface area contributed by atoms with Gasteiger partial charge in [-0.15, -0.1) is 0 Å². The van der Waals surface area contributed by atoms with E-state index < -0.39 is 17.7 Å². The van der Waals surface area contributed by atoms with Crippen LogP contribution in [-0.2, 0) is 17.4 Å². The Bertz CT molecular complexity index is 1110. The first kappa shape index (κ1) is 21.1. The first-order valence-corrected chi connectivity index (χ1v) is 9.91. The highest BCUT2D eigenvalue weighted by Gasteiger charge is 2.33. The Morgan fingerprint density at radius 2 is 2.06 bits per heavy atom. The van der Waals surface area contributed by atoms with E-state index in [1.54, 1.807) is 17.0 Å². The zero-order valence-electron chi connectivity index (χ0n) is 16.8. The van der Waals surface area contributed by atoms with Crippen molar-refractivity contribution >= 4 is 16.9 Å². The molecule has 1 aromatic carbocycles. The normalized spacial score (nSPS) is 17.2. The SMILES string of the molecule is COc1ccc(CC(=O)N2CCC[C@H](c3cc4nc(C(F)(F)F)ccc4[nH]3)C2)cc1F. The maximum Gasteiger partial charge on any atom is 0.433 e. The second-order valence-electron chi connectivity index (χ2n) is 7.68. The number of ether oxygens (including phenoxy) is 1. The van der Waals surface area contributed by atoms with Gasteiger partial charge in [-0.3, -0.25) is 4.79 Å². The van der Waals surface area contributed by atoms with Crippen LogP contribution in [0.15, 0.2) is 36.4 Å². The fourth-order valence-corrected chi connectivity index (χ4v) is 3.97. The zero-order chi connectivity index (χ0) is 22.2. The van der Waals surface area contributed by atoms with Crippen LogP contribution in [0, 0.1) is 5.82 Å². The van der Waals surface area contributed by atoms with E-state index in [9.17, 15) is 22.4 Å². The third-order valence-corrected chi connectivity index (χ3v) is 5.57. The number of H-pyrrole nitrogens is 1. The molecular weight excluding hydrogens is 414 g/mol. The zero-order valence-corrected chi connectivity index (χ0v) is 16.8. The number of aromatic amines is 1. The lowest BCUT2D eigenvalue weighted by atomic mass is 9.94. The van der Waals surface area contributed by atoms with E-state index >= 15 is 0 Å². The molecule has 0 radical (unpaired) electrons. The summed E-state index contributed by atoms with van der Waals surface area (Å²) < 4.78 is 57.5. The maximum absolute atomic E-state index is 13.9. The fraction of sp³-hybridized carbons (Fsp3) is 0.364. The third-order valence-electron chi connectivity index (χ3n) is 5.57. The predicted octanol–water partition coefficient (Wildman–Crippen LogP) is 4.68. The molecule has 3 heterocycles. The second kappa shape index (κ2) is 8.20. The summed E-state index contributed by atoms with van der Waals surface area (Å²) in [5, 5.41) is 0. The van der Waals surface area contributed by atoms with Crippen molar-refractivity contribution in [1.29, 1.82) is 0 Å². The number of hydrogen-bond donors (Lipinski definition) is 1. The molecule has 31 heavy (non-hydrogen) atoms. The van der Waals surface area contributed by atoms with Gasteiger partial charge in [-0.05, 0) is 48.7 Å². The van der Waals surface area contributed by atoms with E-state index in [2.05, 4.69) is 9.97 Å². The molecule has 1 fully saturated rings. The predicted molar refractivity (Wildman–Crippen MR) is 106 cm³/mol. The van der Waals surface area contributed by atoms with E-state index in [4.69, 9.17) is 4.74 Å². The van der Waals surface area contributed by atoms with Crippen LogP contribution < -0.4 is 4.74 Å². The summed E-state index contributed by atoms with van der Waals surface area (Å²) in [7, 11) is 1.38. The molecule has 4 rings (SSSR count). The lowest BCUT2D eigenvalue weighted by molar-refractivity contribution is -0.141. The first-order valence-electron chi connectivity index (χ1n) is 9.91. The highest BCUT2D eigenvalue weighted by Crippen LogP contribution is 2.32. The van der Waals surface area contributed by atoms with Crippen molar-refractivity contribution in [2.75, 3.05) is 20.2 Å². The highest BCUT2D eigenvalue weighted by atomic mass is 19.4. The van der Waals surface area contributed by atoms with Crippen LogP contribution in [0.25, 0.3) is 11.0 Å². The van der Waals surface area contributed by atoms with Crippen molar-refractivity contribution in [2.45, 2.75) is 31.4 Å². The molecule has 1 atom stereocenters. The highest BCUT2D eigenvalue weighted by molar-refractivity contribution is 5.79. The van der Waals surface area contributed by atoms with Crippen LogP contribution in [0.3, 0.4) is 0 Å². The summed E-state index contributed by atoms with van der Waals surface area (Å²) in [5.41, 5.74) is 1.16. The van der Waals surface area contributed by atoms with Crippen LogP contribution in [0.2, 0.25) is 0 Å². The molecule has 1 aliphatic rings. The van der Waals surface area contributed by atoms with Gasteiger partial charge in [0, 0.05) is 24.7 Å². The summed E-state index contributed by atoms with van der Waals surface area (Å²) >= 11 is 0. The molecule has 3 aromatic rings. The van der Waals surface area contributed by atoms with Crippen molar-refractivity contribution in [2.24, 2.45) is 0 Å². The molecule has 0 aliphatic carbocycles. The number of carbonyl (C=O) groups is 1. The molecule has 1 N–H and O–H groups in total. The Hall–Kier alpha value is -3.10. The molecule has 164 valence electrons. The van der Waals surface area contributed by atoms with Crippen molar-refractivity contribution in [3.8, 4) is 5.75 Å². The summed E-state index contributed by atoms with van der Waals surface area (Å²) in [6, 6.07) is 8.39. The van der Waals surface area contributed by atoms with Gasteiger partial charge >= 0.3 is 6.18 Å². The van der Waals surface area contributed by atoms with Crippen LogP contribution in [-0.4, -0.2) is 41.0 Å².